The first-order valence-corrected chi connectivity index (χ1v) is 10.1. The van der Waals surface area contributed by atoms with E-state index in [-0.39, 0.29) is 5.04 Å². The van der Waals surface area contributed by atoms with Gasteiger partial charge in [-0.2, -0.15) is 0 Å². The van der Waals surface area contributed by atoms with Gasteiger partial charge in [-0.1, -0.05) is 45.0 Å². The normalized spacial score (nSPS) is 12.5. The molecule has 0 bridgehead atoms. The Hall–Kier alpha value is -1.30. The lowest BCUT2D eigenvalue weighted by Gasteiger charge is -2.36. The number of hydrogen-bond donors (Lipinski definition) is 2. The van der Waals surface area contributed by atoms with Crippen molar-refractivity contribution in [2.24, 2.45) is 0 Å². The lowest BCUT2D eigenvalue weighted by atomic mass is 9.79. The Morgan fingerprint density at radius 1 is 0.952 bits per heavy atom. The topological polar surface area (TPSA) is 49.7 Å². The van der Waals surface area contributed by atoms with Gasteiger partial charge < -0.3 is 14.5 Å². The maximum absolute atomic E-state index is 9.28. The van der Waals surface area contributed by atoms with E-state index in [1.165, 1.54) is 0 Å². The van der Waals surface area contributed by atoms with Gasteiger partial charge in [-0.25, -0.2) is 0 Å². The van der Waals surface area contributed by atoms with Crippen LogP contribution in [0.3, 0.4) is 0 Å². The molecule has 0 saturated carbocycles. The van der Waals surface area contributed by atoms with Gasteiger partial charge in [0.15, 0.2) is 0 Å². The third-order valence-electron chi connectivity index (χ3n) is 4.31. The van der Waals surface area contributed by atoms with E-state index in [0.717, 1.165) is 16.5 Å². The molecule has 0 aliphatic carbocycles. The molecule has 2 aromatic carbocycles. The van der Waals surface area contributed by atoms with Gasteiger partial charge >= 0.3 is 7.12 Å². The van der Waals surface area contributed by atoms with Gasteiger partial charge in [-0.3, -0.25) is 0 Å². The zero-order chi connectivity index (χ0) is 15.8. The molecular formula is C16H23BO3Si. The van der Waals surface area contributed by atoms with Gasteiger partial charge in [-0.15, -0.1) is 0 Å². The highest BCUT2D eigenvalue weighted by Crippen LogP contribution is 2.37. The molecule has 0 fully saturated rings. The summed E-state index contributed by atoms with van der Waals surface area (Å²) in [5, 5.41) is 20.7. The number of rotatable bonds is 3. The largest absolute Gasteiger partial charge is 0.543 e. The van der Waals surface area contributed by atoms with Gasteiger partial charge in [0, 0.05) is 0 Å². The molecule has 0 radical (unpaired) electrons. The minimum atomic E-state index is -1.87. The molecule has 3 nitrogen and oxygen atoms in total. The summed E-state index contributed by atoms with van der Waals surface area (Å²) >= 11 is 0. The second kappa shape index (κ2) is 5.48. The van der Waals surface area contributed by atoms with Gasteiger partial charge in [0.2, 0.25) is 8.32 Å². The fourth-order valence-corrected chi connectivity index (χ4v) is 2.94. The average molecular weight is 302 g/mol. The maximum atomic E-state index is 9.28. The third kappa shape index (κ3) is 3.48. The monoisotopic (exact) mass is 302 g/mol. The predicted molar refractivity (Wildman–Crippen MR) is 91.6 cm³/mol. The van der Waals surface area contributed by atoms with Gasteiger partial charge in [0.1, 0.15) is 5.75 Å². The molecule has 0 aromatic heterocycles. The van der Waals surface area contributed by atoms with E-state index in [1.807, 2.05) is 24.3 Å². The van der Waals surface area contributed by atoms with Crippen molar-refractivity contribution < 1.29 is 14.5 Å². The summed E-state index contributed by atoms with van der Waals surface area (Å²) in [5.74, 6) is 0.846. The van der Waals surface area contributed by atoms with E-state index in [9.17, 15) is 10.0 Å². The van der Waals surface area contributed by atoms with Crippen molar-refractivity contribution in [3.63, 3.8) is 0 Å². The van der Waals surface area contributed by atoms with E-state index in [2.05, 4.69) is 33.9 Å². The Labute approximate surface area is 127 Å². The molecule has 0 aliphatic heterocycles. The number of hydrogen-bond acceptors (Lipinski definition) is 3. The van der Waals surface area contributed by atoms with E-state index in [1.54, 1.807) is 12.1 Å². The number of benzene rings is 2. The van der Waals surface area contributed by atoms with Crippen LogP contribution in [0.25, 0.3) is 10.8 Å². The van der Waals surface area contributed by atoms with Crippen LogP contribution in [-0.2, 0) is 0 Å². The molecule has 2 aromatic rings. The van der Waals surface area contributed by atoms with Crippen molar-refractivity contribution in [1.29, 1.82) is 0 Å². The molecule has 0 unspecified atom stereocenters. The molecule has 21 heavy (non-hydrogen) atoms. The Bertz CT molecular complexity index is 648. The molecule has 2 rings (SSSR count). The molecule has 0 atom stereocenters. The summed E-state index contributed by atoms with van der Waals surface area (Å²) in [6.45, 7) is 11.1. The Balaban J connectivity index is 2.38. The van der Waals surface area contributed by atoms with E-state index < -0.39 is 15.4 Å². The van der Waals surface area contributed by atoms with Crippen LogP contribution in [0.1, 0.15) is 20.8 Å². The minimum Gasteiger partial charge on any atom is -0.543 e. The van der Waals surface area contributed by atoms with Crippen LogP contribution in [0.15, 0.2) is 36.4 Å². The molecular weight excluding hydrogens is 279 g/mol. The van der Waals surface area contributed by atoms with Crippen molar-refractivity contribution >= 4 is 31.7 Å². The van der Waals surface area contributed by atoms with E-state index >= 15 is 0 Å². The molecule has 0 amide bonds. The molecule has 0 heterocycles. The fourth-order valence-electron chi connectivity index (χ4n) is 1.92. The fraction of sp³-hybridized carbons (Fsp3) is 0.375. The molecule has 5 heteroatoms. The summed E-state index contributed by atoms with van der Waals surface area (Å²) in [4.78, 5) is 0. The highest BCUT2D eigenvalue weighted by Gasteiger charge is 2.38. The van der Waals surface area contributed by atoms with E-state index in [4.69, 9.17) is 4.43 Å². The van der Waals surface area contributed by atoms with Gasteiger partial charge in [-0.05, 0) is 46.5 Å². The van der Waals surface area contributed by atoms with Crippen LogP contribution >= 0.6 is 0 Å². The Kier molecular flexibility index (Phi) is 4.20. The molecule has 0 spiro atoms. The van der Waals surface area contributed by atoms with Crippen LogP contribution < -0.4 is 9.89 Å². The second-order valence-electron chi connectivity index (χ2n) is 7.00. The van der Waals surface area contributed by atoms with Crippen molar-refractivity contribution in [2.75, 3.05) is 0 Å². The van der Waals surface area contributed by atoms with Crippen LogP contribution in [0.5, 0.6) is 5.75 Å². The zero-order valence-corrected chi connectivity index (χ0v) is 14.3. The average Bonchev–Trinajstić information content (AvgIpc) is 2.36. The molecule has 0 aliphatic rings. The summed E-state index contributed by atoms with van der Waals surface area (Å²) < 4.78 is 6.29. The third-order valence-corrected chi connectivity index (χ3v) is 8.67. The second-order valence-corrected chi connectivity index (χ2v) is 11.7. The maximum Gasteiger partial charge on any atom is 0.488 e. The zero-order valence-electron chi connectivity index (χ0n) is 13.3. The molecule has 0 saturated heterocycles. The van der Waals surface area contributed by atoms with Crippen molar-refractivity contribution in [2.45, 2.75) is 38.9 Å². The highest BCUT2D eigenvalue weighted by molar-refractivity contribution is 6.74. The SMILES string of the molecule is CC(C)(C)[Si](C)(C)Oc1ccc2ccc(B(O)O)cc2c1. The molecule has 112 valence electrons. The first-order valence-electron chi connectivity index (χ1n) is 7.19. The number of fused-ring (bicyclic) bond motifs is 1. The standard InChI is InChI=1S/C16H23BO3Si/c1-16(2,3)21(4,5)20-15-9-7-12-6-8-14(17(18)19)10-13(12)11-15/h6-11,18-19H,1-5H3. The summed E-state index contributed by atoms with van der Waals surface area (Å²) in [6, 6.07) is 11.4. The summed E-state index contributed by atoms with van der Waals surface area (Å²) in [7, 11) is -3.31. The first-order chi connectivity index (χ1) is 9.60. The predicted octanol–water partition coefficient (Wildman–Crippen LogP) is 2.90. The van der Waals surface area contributed by atoms with Gasteiger partial charge in [0.05, 0.1) is 0 Å². The lowest BCUT2D eigenvalue weighted by Crippen LogP contribution is -2.43. The lowest BCUT2D eigenvalue weighted by molar-refractivity contribution is 0.426. The van der Waals surface area contributed by atoms with E-state index in [0.29, 0.717) is 5.46 Å². The molecule has 2 N–H and O–H groups in total. The Morgan fingerprint density at radius 2 is 1.57 bits per heavy atom. The summed E-state index contributed by atoms with van der Waals surface area (Å²) in [6.07, 6.45) is 0. The van der Waals surface area contributed by atoms with Crippen LogP contribution in [0.2, 0.25) is 18.1 Å². The van der Waals surface area contributed by atoms with Crippen LogP contribution in [0.4, 0.5) is 0 Å². The minimum absolute atomic E-state index is 0.144. The first kappa shape index (κ1) is 16.1. The van der Waals surface area contributed by atoms with Gasteiger partial charge in [0.25, 0.3) is 0 Å². The van der Waals surface area contributed by atoms with Crippen molar-refractivity contribution in [3.05, 3.63) is 36.4 Å². The van der Waals surface area contributed by atoms with Crippen LogP contribution in [-0.4, -0.2) is 25.5 Å². The highest BCUT2D eigenvalue weighted by atomic mass is 28.4. The van der Waals surface area contributed by atoms with Crippen LogP contribution in [0, 0.1) is 0 Å². The summed E-state index contributed by atoms with van der Waals surface area (Å²) in [5.41, 5.74) is 0.493. The Morgan fingerprint density at radius 3 is 2.14 bits per heavy atom. The van der Waals surface area contributed by atoms with Crippen molar-refractivity contribution in [1.82, 2.24) is 0 Å². The quantitative estimate of drug-likeness (QED) is 0.857. The smallest absolute Gasteiger partial charge is 0.488 e. The van der Waals surface area contributed by atoms with Crippen molar-refractivity contribution in [3.8, 4) is 5.75 Å².